The molecule has 2 nitrogen and oxygen atoms in total. The number of aliphatic hydroxyl groups is 1. The fourth-order valence-electron chi connectivity index (χ4n) is 2.43. The number of hydrogen-bond donors (Lipinski definition) is 2. The molecule has 0 aromatic heterocycles. The molecular weight excluding hydrogens is 222 g/mol. The maximum absolute atomic E-state index is 9.07. The minimum absolute atomic E-state index is 0.300. The largest absolute Gasteiger partial charge is 0.396 e. The molecule has 2 N–H and O–H groups in total. The summed E-state index contributed by atoms with van der Waals surface area (Å²) in [4.78, 5) is 0. The van der Waals surface area contributed by atoms with Crippen molar-refractivity contribution >= 4 is 0 Å². The molecule has 0 aliphatic heterocycles. The average Bonchev–Trinajstić information content (AvgIpc) is 2.41. The van der Waals surface area contributed by atoms with Crippen molar-refractivity contribution in [3.63, 3.8) is 0 Å². The fraction of sp³-hybridized carbons (Fsp3) is 0.625. The highest BCUT2D eigenvalue weighted by Gasteiger charge is 2.12. The molecule has 2 heteroatoms. The van der Waals surface area contributed by atoms with Crippen LogP contribution in [0.15, 0.2) is 30.3 Å². The van der Waals surface area contributed by atoms with Gasteiger partial charge in [-0.25, -0.2) is 0 Å². The number of aliphatic hydroxyl groups excluding tert-OH is 1. The molecule has 1 aromatic carbocycles. The van der Waals surface area contributed by atoms with Crippen LogP contribution in [-0.4, -0.2) is 18.3 Å². The van der Waals surface area contributed by atoms with E-state index in [4.69, 9.17) is 5.11 Å². The van der Waals surface area contributed by atoms with Gasteiger partial charge < -0.3 is 10.4 Å². The molecule has 1 rings (SSSR count). The first-order valence-electron chi connectivity index (χ1n) is 7.21. The predicted molar refractivity (Wildman–Crippen MR) is 77.6 cm³/mol. The summed E-state index contributed by atoms with van der Waals surface area (Å²) in [6.07, 6.45) is 4.39. The van der Waals surface area contributed by atoms with Gasteiger partial charge in [0.05, 0.1) is 0 Å². The van der Waals surface area contributed by atoms with Gasteiger partial charge in [0, 0.05) is 12.6 Å². The van der Waals surface area contributed by atoms with E-state index >= 15 is 0 Å². The van der Waals surface area contributed by atoms with Gasteiger partial charge in [-0.2, -0.15) is 0 Å². The first-order chi connectivity index (χ1) is 8.81. The molecule has 0 aliphatic carbocycles. The van der Waals surface area contributed by atoms with Crippen LogP contribution in [0.25, 0.3) is 0 Å². The maximum Gasteiger partial charge on any atom is 0.0434 e. The Kier molecular flexibility index (Phi) is 7.70. The Bertz CT molecular complexity index is 293. The molecule has 0 saturated heterocycles. The van der Waals surface area contributed by atoms with E-state index in [9.17, 15) is 0 Å². The molecule has 0 fully saturated rings. The van der Waals surface area contributed by atoms with Gasteiger partial charge >= 0.3 is 0 Å². The third kappa shape index (κ3) is 5.19. The van der Waals surface area contributed by atoms with E-state index in [1.54, 1.807) is 0 Å². The van der Waals surface area contributed by atoms with Crippen LogP contribution in [0.3, 0.4) is 0 Å². The maximum atomic E-state index is 9.07. The summed E-state index contributed by atoms with van der Waals surface area (Å²) in [5, 5.41) is 12.7. The summed E-state index contributed by atoms with van der Waals surface area (Å²) >= 11 is 0. The minimum atomic E-state index is 0.300. The lowest BCUT2D eigenvalue weighted by Gasteiger charge is -2.22. The summed E-state index contributed by atoms with van der Waals surface area (Å²) in [5.41, 5.74) is 1.36. The molecule has 0 saturated carbocycles. The SMILES string of the molecule is CCCC(CCO)CNC(CC)c1ccccc1. The molecule has 0 aliphatic rings. The van der Waals surface area contributed by atoms with Crippen molar-refractivity contribution in [1.82, 2.24) is 5.32 Å². The fourth-order valence-corrected chi connectivity index (χ4v) is 2.43. The number of rotatable bonds is 9. The van der Waals surface area contributed by atoms with Gasteiger partial charge in [-0.1, -0.05) is 50.6 Å². The van der Waals surface area contributed by atoms with Gasteiger partial charge in [0.25, 0.3) is 0 Å². The van der Waals surface area contributed by atoms with Crippen molar-refractivity contribution in [2.75, 3.05) is 13.2 Å². The Labute approximate surface area is 111 Å². The molecule has 1 aromatic rings. The van der Waals surface area contributed by atoms with Gasteiger partial charge in [-0.3, -0.25) is 0 Å². The molecule has 0 bridgehead atoms. The molecular formula is C16H27NO. The molecule has 0 radical (unpaired) electrons. The van der Waals surface area contributed by atoms with E-state index in [1.807, 2.05) is 0 Å². The minimum Gasteiger partial charge on any atom is -0.396 e. The first kappa shape index (κ1) is 15.2. The van der Waals surface area contributed by atoms with E-state index in [1.165, 1.54) is 18.4 Å². The van der Waals surface area contributed by atoms with Crippen LogP contribution in [0.4, 0.5) is 0 Å². The van der Waals surface area contributed by atoms with Crippen LogP contribution < -0.4 is 5.32 Å². The van der Waals surface area contributed by atoms with Gasteiger partial charge in [-0.15, -0.1) is 0 Å². The predicted octanol–water partition coefficient (Wildman–Crippen LogP) is 3.53. The van der Waals surface area contributed by atoms with Crippen LogP contribution in [0, 0.1) is 5.92 Å². The quantitative estimate of drug-likeness (QED) is 0.702. The molecule has 0 heterocycles. The Hall–Kier alpha value is -0.860. The zero-order valence-electron chi connectivity index (χ0n) is 11.7. The van der Waals surface area contributed by atoms with Gasteiger partial charge in [0.1, 0.15) is 0 Å². The molecule has 2 unspecified atom stereocenters. The monoisotopic (exact) mass is 249 g/mol. The van der Waals surface area contributed by atoms with E-state index in [0.717, 1.165) is 19.4 Å². The third-order valence-corrected chi connectivity index (χ3v) is 3.50. The van der Waals surface area contributed by atoms with Crippen molar-refractivity contribution in [3.05, 3.63) is 35.9 Å². The lowest BCUT2D eigenvalue weighted by atomic mass is 9.98. The Morgan fingerprint density at radius 3 is 2.39 bits per heavy atom. The van der Waals surface area contributed by atoms with Gasteiger partial charge in [-0.05, 0) is 37.3 Å². The van der Waals surface area contributed by atoms with Crippen molar-refractivity contribution in [1.29, 1.82) is 0 Å². The Balaban J connectivity index is 2.48. The number of nitrogens with one attached hydrogen (secondary N) is 1. The van der Waals surface area contributed by atoms with E-state index < -0.39 is 0 Å². The highest BCUT2D eigenvalue weighted by molar-refractivity contribution is 5.18. The molecule has 102 valence electrons. The van der Waals surface area contributed by atoms with E-state index in [2.05, 4.69) is 49.5 Å². The highest BCUT2D eigenvalue weighted by atomic mass is 16.3. The third-order valence-electron chi connectivity index (χ3n) is 3.50. The van der Waals surface area contributed by atoms with Crippen LogP contribution in [0.2, 0.25) is 0 Å². The summed E-state index contributed by atoms with van der Waals surface area (Å²) < 4.78 is 0. The second-order valence-electron chi connectivity index (χ2n) is 4.95. The normalized spacial score (nSPS) is 14.4. The standard InChI is InChI=1S/C16H27NO/c1-3-8-14(11-12-18)13-17-16(4-2)15-9-6-5-7-10-15/h5-7,9-10,14,16-18H,3-4,8,11-13H2,1-2H3. The lowest BCUT2D eigenvalue weighted by Crippen LogP contribution is -2.27. The zero-order valence-corrected chi connectivity index (χ0v) is 11.7. The van der Waals surface area contributed by atoms with Crippen LogP contribution in [0.5, 0.6) is 0 Å². The van der Waals surface area contributed by atoms with Crippen LogP contribution >= 0.6 is 0 Å². The number of hydrogen-bond acceptors (Lipinski definition) is 2. The van der Waals surface area contributed by atoms with E-state index in [0.29, 0.717) is 18.6 Å². The number of benzene rings is 1. The summed E-state index contributed by atoms with van der Waals surface area (Å²) in [6.45, 7) is 5.72. The summed E-state index contributed by atoms with van der Waals surface area (Å²) in [7, 11) is 0. The topological polar surface area (TPSA) is 32.3 Å². The van der Waals surface area contributed by atoms with Gasteiger partial charge in [0.2, 0.25) is 0 Å². The Morgan fingerprint density at radius 2 is 1.83 bits per heavy atom. The van der Waals surface area contributed by atoms with Crippen molar-refractivity contribution < 1.29 is 5.11 Å². The molecule has 0 spiro atoms. The van der Waals surface area contributed by atoms with Crippen molar-refractivity contribution in [2.24, 2.45) is 5.92 Å². The Morgan fingerprint density at radius 1 is 1.11 bits per heavy atom. The zero-order chi connectivity index (χ0) is 13.2. The van der Waals surface area contributed by atoms with E-state index in [-0.39, 0.29) is 0 Å². The molecule has 18 heavy (non-hydrogen) atoms. The molecule has 0 amide bonds. The van der Waals surface area contributed by atoms with Crippen molar-refractivity contribution in [3.8, 4) is 0 Å². The average molecular weight is 249 g/mol. The van der Waals surface area contributed by atoms with Crippen LogP contribution in [-0.2, 0) is 0 Å². The van der Waals surface area contributed by atoms with Crippen LogP contribution in [0.1, 0.15) is 51.1 Å². The van der Waals surface area contributed by atoms with Gasteiger partial charge in [0.15, 0.2) is 0 Å². The molecule has 2 atom stereocenters. The summed E-state index contributed by atoms with van der Waals surface area (Å²) in [6, 6.07) is 11.0. The lowest BCUT2D eigenvalue weighted by molar-refractivity contribution is 0.244. The first-order valence-corrected chi connectivity index (χ1v) is 7.21. The second-order valence-corrected chi connectivity index (χ2v) is 4.95. The summed E-state index contributed by atoms with van der Waals surface area (Å²) in [5.74, 6) is 0.595. The highest BCUT2D eigenvalue weighted by Crippen LogP contribution is 2.18. The smallest absolute Gasteiger partial charge is 0.0434 e. The van der Waals surface area contributed by atoms with Crippen molar-refractivity contribution in [2.45, 2.75) is 45.6 Å². The second kappa shape index (κ2) is 9.12.